The number of fused-ring (bicyclic) bond motifs is 11. The Labute approximate surface area is 287 Å². The van der Waals surface area contributed by atoms with E-state index < -0.39 is 14.6 Å². The predicted molar refractivity (Wildman–Crippen MR) is 181 cm³/mol. The number of imidazole rings is 1. The molecule has 0 atom stereocenters. The van der Waals surface area contributed by atoms with Gasteiger partial charge in [-0.05, 0) is 53.2 Å². The maximum Gasteiger partial charge on any atom is 2.00 e. The van der Waals surface area contributed by atoms with Gasteiger partial charge in [0.15, 0.2) is 0 Å². The van der Waals surface area contributed by atoms with Gasteiger partial charge in [-0.25, -0.2) is 4.98 Å². The Kier molecular flexibility index (Phi) is 6.82. The number of pyridine rings is 1. The molecule has 0 radical (unpaired) electrons. The van der Waals surface area contributed by atoms with E-state index in [9.17, 15) is 0 Å². The van der Waals surface area contributed by atoms with E-state index in [2.05, 4.69) is 125 Å². The van der Waals surface area contributed by atoms with E-state index in [0.29, 0.717) is 11.5 Å². The summed E-state index contributed by atoms with van der Waals surface area (Å²) in [6.45, 7) is 9.82. The van der Waals surface area contributed by atoms with Crippen molar-refractivity contribution in [2.75, 3.05) is 3.88 Å². The zero-order valence-corrected chi connectivity index (χ0v) is 29.4. The number of aromatic nitrogens is 4. The zero-order valence-electron chi connectivity index (χ0n) is 26.0. The van der Waals surface area contributed by atoms with Gasteiger partial charge >= 0.3 is 35.7 Å². The molecule has 0 saturated carbocycles. The predicted octanol–water partition coefficient (Wildman–Crippen LogP) is 7.62. The Hall–Kier alpha value is -4.14. The van der Waals surface area contributed by atoms with E-state index in [1.807, 2.05) is 24.5 Å². The summed E-state index contributed by atoms with van der Waals surface area (Å²) in [5.74, 6) is 3.10. The van der Waals surface area contributed by atoms with Gasteiger partial charge in [-0.2, -0.15) is 6.07 Å². The first-order chi connectivity index (χ1) is 21.8. The third kappa shape index (κ3) is 4.41. The summed E-state index contributed by atoms with van der Waals surface area (Å²) >= 11 is -1.68. The second-order valence-electron chi connectivity index (χ2n) is 13.1. The SMILES string of the molecule is Cc1cccc2[c]1[Al]1[N](C2)c2ccc(Oc3[c-]c4c(cc3)c3ccccc3n4-c3cc(C(C)(C)C)ccn3)[c-]c2-c2ncc[n]21.[Pt+2]. The number of ether oxygens (including phenoxy) is 1. The molecule has 2 aliphatic rings. The summed E-state index contributed by atoms with van der Waals surface area (Å²) in [5, 5.41) is 2.27. The van der Waals surface area contributed by atoms with Crippen molar-refractivity contribution in [2.24, 2.45) is 0 Å². The molecule has 0 saturated heterocycles. The monoisotopic (exact) mass is 794 g/mol. The van der Waals surface area contributed by atoms with Crippen molar-refractivity contribution in [3.8, 4) is 28.7 Å². The minimum Gasteiger partial charge on any atom is -0.503 e. The molecule has 8 heteroatoms. The summed E-state index contributed by atoms with van der Waals surface area (Å²) < 4.78 is 15.2. The van der Waals surface area contributed by atoms with Gasteiger partial charge in [0, 0.05) is 41.8 Å². The van der Waals surface area contributed by atoms with Crippen LogP contribution in [0.25, 0.3) is 39.0 Å². The molecule has 9 rings (SSSR count). The summed E-state index contributed by atoms with van der Waals surface area (Å²) in [6.07, 6.45) is 5.95. The summed E-state index contributed by atoms with van der Waals surface area (Å²) in [6, 6.07) is 34.9. The van der Waals surface area contributed by atoms with Gasteiger partial charge in [0.2, 0.25) is 0 Å². The van der Waals surface area contributed by atoms with E-state index in [1.165, 1.54) is 26.8 Å². The van der Waals surface area contributed by atoms with Crippen LogP contribution in [-0.4, -0.2) is 32.7 Å². The number of aryl methyl sites for hydroxylation is 1. The maximum atomic E-state index is 6.51. The van der Waals surface area contributed by atoms with Crippen molar-refractivity contribution in [2.45, 2.75) is 39.7 Å². The molecular weight excluding hydrogens is 765 g/mol. The standard InChI is InChI=1S/C38H30N5O.Al.Pt/c1-25-8-7-9-26(20-25)24-42-33-15-13-28(22-32(33)37-40-18-19-41-37)44-29-12-14-31-30-10-5-6-11-34(30)43(35(31)23-29)36-21-27(16-17-39-36)38(2,3)4;;/h5-19,21H,24H2,1-4H3;;/q-4;2*+2. The van der Waals surface area contributed by atoms with Gasteiger partial charge in [-0.15, -0.1) is 23.6 Å². The number of hydrogen-bond acceptors (Lipinski definition) is 4. The minimum absolute atomic E-state index is 0. The average molecular weight is 795 g/mol. The largest absolute Gasteiger partial charge is 2.00 e. The van der Waals surface area contributed by atoms with Crippen LogP contribution in [0, 0.1) is 19.1 Å². The number of anilines is 1. The molecule has 7 aromatic rings. The van der Waals surface area contributed by atoms with Crippen molar-refractivity contribution >= 4 is 46.5 Å². The smallest absolute Gasteiger partial charge is 0.503 e. The summed E-state index contributed by atoms with van der Waals surface area (Å²) in [7, 11) is 0. The summed E-state index contributed by atoms with van der Waals surface area (Å²) in [5.41, 5.74) is 8.19. The molecule has 0 amide bonds. The third-order valence-electron chi connectivity index (χ3n) is 9.29. The molecule has 0 spiro atoms. The van der Waals surface area contributed by atoms with Gasteiger partial charge in [0.25, 0.3) is 0 Å². The molecule has 5 heterocycles. The van der Waals surface area contributed by atoms with Crippen LogP contribution in [0.4, 0.5) is 5.69 Å². The first-order valence-electron chi connectivity index (χ1n) is 15.4. The van der Waals surface area contributed by atoms with Crippen molar-refractivity contribution in [3.05, 3.63) is 126 Å². The number of rotatable bonds is 3. The van der Waals surface area contributed by atoms with Crippen LogP contribution in [0.5, 0.6) is 11.5 Å². The van der Waals surface area contributed by atoms with Crippen molar-refractivity contribution in [3.63, 3.8) is 0 Å². The normalized spacial score (nSPS) is 13.3. The molecule has 0 unspecified atom stereocenters. The summed E-state index contributed by atoms with van der Waals surface area (Å²) in [4.78, 5) is 9.62. The van der Waals surface area contributed by atoms with Crippen LogP contribution in [0.15, 0.2) is 97.5 Å². The first kappa shape index (κ1) is 29.3. The van der Waals surface area contributed by atoms with Crippen LogP contribution in [-0.2, 0) is 33.0 Å². The Morgan fingerprint density at radius 3 is 2.54 bits per heavy atom. The molecule has 226 valence electrons. The molecule has 3 aromatic heterocycles. The third-order valence-corrected chi connectivity index (χ3v) is 12.6. The van der Waals surface area contributed by atoms with Crippen LogP contribution in [0.1, 0.15) is 37.5 Å². The number of para-hydroxylation sites is 1. The van der Waals surface area contributed by atoms with Gasteiger partial charge in [0.1, 0.15) is 5.82 Å². The minimum atomic E-state index is -1.68. The van der Waals surface area contributed by atoms with Crippen LogP contribution in [0.2, 0.25) is 0 Å². The fourth-order valence-corrected chi connectivity index (χ4v) is 10.5. The Bertz CT molecular complexity index is 2320. The fraction of sp³-hybridized carbons (Fsp3) is 0.158. The number of hydrogen-bond donors (Lipinski definition) is 0. The Morgan fingerprint density at radius 2 is 1.67 bits per heavy atom. The van der Waals surface area contributed by atoms with E-state index in [1.54, 1.807) is 0 Å². The van der Waals surface area contributed by atoms with Crippen molar-refractivity contribution in [1.29, 1.82) is 0 Å². The van der Waals surface area contributed by atoms with Gasteiger partial charge in [0.05, 0.1) is 0 Å². The molecule has 2 aliphatic heterocycles. The molecule has 0 N–H and O–H groups in total. The maximum absolute atomic E-state index is 6.51. The molecule has 46 heavy (non-hydrogen) atoms. The van der Waals surface area contributed by atoms with Gasteiger partial charge in [-0.3, -0.25) is 4.98 Å². The van der Waals surface area contributed by atoms with Crippen LogP contribution >= 0.6 is 0 Å². The van der Waals surface area contributed by atoms with Gasteiger partial charge < -0.3 is 16.7 Å². The van der Waals surface area contributed by atoms with E-state index in [4.69, 9.17) is 14.7 Å². The quantitative estimate of drug-likeness (QED) is 0.137. The van der Waals surface area contributed by atoms with Crippen molar-refractivity contribution in [1.82, 2.24) is 18.1 Å². The molecule has 0 aliphatic carbocycles. The second kappa shape index (κ2) is 10.7. The van der Waals surface area contributed by atoms with Gasteiger partial charge in [-0.1, -0.05) is 96.1 Å². The number of nitrogens with zero attached hydrogens (tertiary/aromatic N) is 5. The average Bonchev–Trinajstić information content (AvgIpc) is 3.75. The van der Waals surface area contributed by atoms with E-state index >= 15 is 0 Å². The fourth-order valence-electron chi connectivity index (χ4n) is 7.12. The van der Waals surface area contributed by atoms with Crippen LogP contribution in [0.3, 0.4) is 0 Å². The zero-order chi connectivity index (χ0) is 30.4. The van der Waals surface area contributed by atoms with Crippen LogP contribution < -0.4 is 13.0 Å². The topological polar surface area (TPSA) is 48.1 Å². The second-order valence-corrected chi connectivity index (χ2v) is 15.6. The Balaban J connectivity index is 0.00000312. The molecule has 0 fully saturated rings. The molecule has 4 aromatic carbocycles. The molecular formula is C38H30AlN5OPt. The molecule has 0 bridgehead atoms. The Morgan fingerprint density at radius 1 is 0.848 bits per heavy atom. The van der Waals surface area contributed by atoms with E-state index in [-0.39, 0.29) is 26.5 Å². The molecule has 6 nitrogen and oxygen atoms in total. The first-order valence-corrected chi connectivity index (χ1v) is 17.0. The number of benzene rings is 4. The van der Waals surface area contributed by atoms with Crippen molar-refractivity contribution < 1.29 is 25.8 Å². The van der Waals surface area contributed by atoms with E-state index in [0.717, 1.165) is 45.6 Å².